The summed E-state index contributed by atoms with van der Waals surface area (Å²) in [5.41, 5.74) is 7.93. The molecule has 1 saturated carbocycles. The maximum Gasteiger partial charge on any atom is 0.259 e. The van der Waals surface area contributed by atoms with Crippen LogP contribution < -0.4 is 5.73 Å². The van der Waals surface area contributed by atoms with E-state index >= 15 is 0 Å². The van der Waals surface area contributed by atoms with E-state index in [2.05, 4.69) is 34.1 Å². The molecule has 0 radical (unpaired) electrons. The summed E-state index contributed by atoms with van der Waals surface area (Å²) in [7, 11) is 0. The van der Waals surface area contributed by atoms with Gasteiger partial charge in [0.25, 0.3) is 11.6 Å². The summed E-state index contributed by atoms with van der Waals surface area (Å²) in [6, 6.07) is 1.93. The third-order valence-electron chi connectivity index (χ3n) is 4.27. The van der Waals surface area contributed by atoms with E-state index in [1.165, 1.54) is 0 Å². The van der Waals surface area contributed by atoms with Gasteiger partial charge in [-0.15, -0.1) is 12.4 Å². The van der Waals surface area contributed by atoms with Crippen molar-refractivity contribution in [3.63, 3.8) is 0 Å². The second kappa shape index (κ2) is 5.58. The molecule has 4 rings (SSSR count). The van der Waals surface area contributed by atoms with Gasteiger partial charge in [-0.3, -0.25) is 0 Å². The summed E-state index contributed by atoms with van der Waals surface area (Å²) < 4.78 is 10.6. The molecule has 1 aliphatic rings. The highest BCUT2D eigenvalue weighted by Crippen LogP contribution is 2.37. The third-order valence-corrected chi connectivity index (χ3v) is 4.27. The molecule has 2 N–H and O–H groups in total. The molecule has 0 unspecified atom stereocenters. The van der Waals surface area contributed by atoms with Gasteiger partial charge in [-0.1, -0.05) is 24.2 Å². The molecule has 23 heavy (non-hydrogen) atoms. The minimum absolute atomic E-state index is 0. The van der Waals surface area contributed by atoms with Crippen molar-refractivity contribution in [1.82, 2.24) is 20.3 Å². The molecule has 0 atom stereocenters. The van der Waals surface area contributed by atoms with Crippen molar-refractivity contribution < 1.29 is 9.05 Å². The van der Waals surface area contributed by atoms with Crippen molar-refractivity contribution in [3.05, 3.63) is 23.8 Å². The van der Waals surface area contributed by atoms with Crippen LogP contribution in [0.5, 0.6) is 0 Å². The van der Waals surface area contributed by atoms with E-state index in [0.29, 0.717) is 17.4 Å². The zero-order valence-electron chi connectivity index (χ0n) is 12.9. The smallest absolute Gasteiger partial charge is 0.259 e. The minimum atomic E-state index is -0.431. The number of rotatable bonds is 3. The van der Waals surface area contributed by atoms with Gasteiger partial charge in [0.15, 0.2) is 5.82 Å². The van der Waals surface area contributed by atoms with Crippen molar-refractivity contribution >= 4 is 23.5 Å². The van der Waals surface area contributed by atoms with Gasteiger partial charge < -0.3 is 14.8 Å². The van der Waals surface area contributed by atoms with Crippen LogP contribution in [0, 0.1) is 0 Å². The third kappa shape index (κ3) is 2.49. The summed E-state index contributed by atoms with van der Waals surface area (Å²) in [5, 5.41) is 8.98. The normalized spacial score (nSPS) is 16.3. The summed E-state index contributed by atoms with van der Waals surface area (Å²) in [5.74, 6) is 1.25. The fraction of sp³-hybridized carbons (Fsp3) is 0.467. The number of pyridine rings is 1. The number of hydrogen-bond acceptors (Lipinski definition) is 7. The number of hydrogen-bond donors (Lipinski definition) is 1. The van der Waals surface area contributed by atoms with E-state index in [-0.39, 0.29) is 18.3 Å². The van der Waals surface area contributed by atoms with Crippen LogP contribution in [0.2, 0.25) is 0 Å². The number of halogens is 1. The van der Waals surface area contributed by atoms with Crippen molar-refractivity contribution in [2.45, 2.75) is 44.6 Å². The van der Waals surface area contributed by atoms with Gasteiger partial charge in [0.1, 0.15) is 0 Å². The monoisotopic (exact) mass is 335 g/mol. The first-order valence-electron chi connectivity index (χ1n) is 7.45. The van der Waals surface area contributed by atoms with E-state index in [1.807, 2.05) is 6.07 Å². The highest BCUT2D eigenvalue weighted by molar-refractivity contribution is 5.85. The molecule has 3 aromatic heterocycles. The lowest BCUT2D eigenvalue weighted by atomic mass is 9.77. The quantitative estimate of drug-likeness (QED) is 0.783. The SMILES string of the molecule is CC(C)c1noc2ncc(-c3nc(C4(N)CCC4)no3)cc12.Cl. The van der Waals surface area contributed by atoms with Crippen LogP contribution in [-0.2, 0) is 5.54 Å². The topological polar surface area (TPSA) is 104 Å². The standard InChI is InChI=1S/C15H17N5O2.ClH/c1-8(2)11-10-6-9(7-17-13(10)22-19-11)12-18-14(20-21-12)15(16)4-3-5-15;/h6-8H,3-5,16H2,1-2H3;1H. The van der Waals surface area contributed by atoms with E-state index in [4.69, 9.17) is 14.8 Å². The fourth-order valence-electron chi connectivity index (χ4n) is 2.71. The Morgan fingerprint density at radius 2 is 2.00 bits per heavy atom. The zero-order chi connectivity index (χ0) is 15.3. The Kier molecular flexibility index (Phi) is 3.85. The Balaban J connectivity index is 0.00000156. The van der Waals surface area contributed by atoms with Gasteiger partial charge in [-0.25, -0.2) is 4.98 Å². The molecule has 0 saturated heterocycles. The average Bonchev–Trinajstić information content (AvgIpc) is 3.10. The second-order valence-electron chi connectivity index (χ2n) is 6.23. The predicted octanol–water partition coefficient (Wildman–Crippen LogP) is 3.16. The molecular weight excluding hydrogens is 318 g/mol. The van der Waals surface area contributed by atoms with Gasteiger partial charge in [-0.2, -0.15) is 4.98 Å². The van der Waals surface area contributed by atoms with E-state index < -0.39 is 5.54 Å². The molecule has 7 nitrogen and oxygen atoms in total. The molecule has 1 fully saturated rings. The Labute approximate surface area is 139 Å². The van der Waals surface area contributed by atoms with Crippen LogP contribution in [0.15, 0.2) is 21.3 Å². The van der Waals surface area contributed by atoms with Gasteiger partial charge in [0.2, 0.25) is 0 Å². The lowest BCUT2D eigenvalue weighted by molar-refractivity contribution is 0.229. The minimum Gasteiger partial charge on any atom is -0.336 e. The molecule has 0 amide bonds. The molecular formula is C15H18ClN5O2. The predicted molar refractivity (Wildman–Crippen MR) is 86.1 cm³/mol. The molecule has 0 bridgehead atoms. The molecule has 1 aliphatic carbocycles. The number of nitrogens with zero attached hydrogens (tertiary/aromatic N) is 4. The summed E-state index contributed by atoms with van der Waals surface area (Å²) >= 11 is 0. The van der Waals surface area contributed by atoms with Crippen LogP contribution in [0.25, 0.3) is 22.6 Å². The van der Waals surface area contributed by atoms with Crippen molar-refractivity contribution in [2.75, 3.05) is 0 Å². The molecule has 0 aromatic carbocycles. The molecule has 3 aromatic rings. The fourth-order valence-corrected chi connectivity index (χ4v) is 2.71. The van der Waals surface area contributed by atoms with E-state index in [0.717, 1.165) is 35.9 Å². The number of aromatic nitrogens is 4. The van der Waals surface area contributed by atoms with Crippen molar-refractivity contribution in [2.24, 2.45) is 5.73 Å². The number of fused-ring (bicyclic) bond motifs is 1. The average molecular weight is 336 g/mol. The van der Waals surface area contributed by atoms with Gasteiger partial charge >= 0.3 is 0 Å². The van der Waals surface area contributed by atoms with E-state index in [9.17, 15) is 0 Å². The Morgan fingerprint density at radius 1 is 1.22 bits per heavy atom. The molecule has 0 aliphatic heterocycles. The van der Waals surface area contributed by atoms with Crippen LogP contribution >= 0.6 is 12.4 Å². The van der Waals surface area contributed by atoms with Crippen LogP contribution in [0.1, 0.15) is 50.5 Å². The maximum atomic E-state index is 6.23. The first-order chi connectivity index (χ1) is 10.6. The summed E-state index contributed by atoms with van der Waals surface area (Å²) in [6.45, 7) is 4.12. The highest BCUT2D eigenvalue weighted by Gasteiger charge is 2.39. The van der Waals surface area contributed by atoms with Crippen LogP contribution in [-0.4, -0.2) is 20.3 Å². The van der Waals surface area contributed by atoms with Crippen molar-refractivity contribution in [3.8, 4) is 11.5 Å². The lowest BCUT2D eigenvalue weighted by Crippen LogP contribution is -2.44. The van der Waals surface area contributed by atoms with Gasteiger partial charge in [0, 0.05) is 6.20 Å². The maximum absolute atomic E-state index is 6.23. The largest absolute Gasteiger partial charge is 0.336 e. The first-order valence-corrected chi connectivity index (χ1v) is 7.45. The molecule has 122 valence electrons. The highest BCUT2D eigenvalue weighted by atomic mass is 35.5. The Hall–Kier alpha value is -1.99. The van der Waals surface area contributed by atoms with E-state index in [1.54, 1.807) is 6.20 Å². The first kappa shape index (κ1) is 15.9. The van der Waals surface area contributed by atoms with Gasteiger partial charge in [-0.05, 0) is 31.2 Å². The summed E-state index contributed by atoms with van der Waals surface area (Å²) in [6.07, 6.45) is 4.55. The second-order valence-corrected chi connectivity index (χ2v) is 6.23. The zero-order valence-corrected chi connectivity index (χ0v) is 13.8. The molecule has 0 spiro atoms. The van der Waals surface area contributed by atoms with Crippen LogP contribution in [0.3, 0.4) is 0 Å². The molecule has 8 heteroatoms. The number of nitrogens with two attached hydrogens (primary N) is 1. The molecule has 3 heterocycles. The Bertz CT molecular complexity index is 837. The van der Waals surface area contributed by atoms with Crippen molar-refractivity contribution in [1.29, 1.82) is 0 Å². The lowest BCUT2D eigenvalue weighted by Gasteiger charge is -2.34. The van der Waals surface area contributed by atoms with Crippen LogP contribution in [0.4, 0.5) is 0 Å². The summed E-state index contributed by atoms with van der Waals surface area (Å²) in [4.78, 5) is 8.72. The Morgan fingerprint density at radius 3 is 2.65 bits per heavy atom. The van der Waals surface area contributed by atoms with Gasteiger partial charge in [0.05, 0.1) is 22.2 Å².